The van der Waals surface area contributed by atoms with E-state index < -0.39 is 17.3 Å². The highest BCUT2D eigenvalue weighted by atomic mass is 19.1. The molecule has 0 amide bonds. The average Bonchev–Trinajstić information content (AvgIpc) is 2.23. The Labute approximate surface area is 84.0 Å². The van der Waals surface area contributed by atoms with Gasteiger partial charge in [-0.2, -0.15) is 0 Å². The van der Waals surface area contributed by atoms with Gasteiger partial charge in [-0.3, -0.25) is 0 Å². The molecule has 2 aromatic rings. The van der Waals surface area contributed by atoms with Crippen molar-refractivity contribution in [2.24, 2.45) is 0 Å². The van der Waals surface area contributed by atoms with Crippen molar-refractivity contribution in [3.63, 3.8) is 0 Å². The van der Waals surface area contributed by atoms with Crippen LogP contribution in [-0.2, 0) is 0 Å². The number of nitrogens with zero attached hydrogens (tertiary/aromatic N) is 1. The first-order valence-electron chi connectivity index (χ1n) is 4.20. The second-order valence-corrected chi connectivity index (χ2v) is 2.97. The van der Waals surface area contributed by atoms with Crippen LogP contribution >= 0.6 is 0 Å². The van der Waals surface area contributed by atoms with E-state index in [9.17, 15) is 9.18 Å². The Hall–Kier alpha value is -2.17. The van der Waals surface area contributed by atoms with Crippen molar-refractivity contribution in [1.82, 2.24) is 9.97 Å². The number of hydrogen-bond acceptors (Lipinski definition) is 3. The Morgan fingerprint density at radius 1 is 1.33 bits per heavy atom. The van der Waals surface area contributed by atoms with Crippen molar-refractivity contribution in [2.45, 2.75) is 0 Å². The molecule has 0 aliphatic rings. The van der Waals surface area contributed by atoms with Gasteiger partial charge >= 0.3 is 5.69 Å². The quantitative estimate of drug-likeness (QED) is 0.738. The van der Waals surface area contributed by atoms with Crippen molar-refractivity contribution in [2.75, 3.05) is 0 Å². The van der Waals surface area contributed by atoms with Gasteiger partial charge in [-0.15, -0.1) is 0 Å². The lowest BCUT2D eigenvalue weighted by atomic mass is 10.1. The fourth-order valence-corrected chi connectivity index (χ4v) is 1.19. The Balaban J connectivity index is 2.50. The number of phenolic OH excluding ortho intramolecular Hbond substituents is 1. The van der Waals surface area contributed by atoms with E-state index >= 15 is 0 Å². The van der Waals surface area contributed by atoms with Crippen LogP contribution in [-0.4, -0.2) is 15.1 Å². The standard InChI is InChI=1S/C10H7FN2O2/c11-8-3-6(1-2-9(8)14)7-4-12-10(15)13-5-7/h1-5,14H,(H,12,13,15). The SMILES string of the molecule is O=c1ncc(-c2ccc(O)c(F)c2)c[nH]1. The summed E-state index contributed by atoms with van der Waals surface area (Å²) in [7, 11) is 0. The van der Waals surface area contributed by atoms with Crippen LogP contribution in [0.15, 0.2) is 35.4 Å². The summed E-state index contributed by atoms with van der Waals surface area (Å²) in [4.78, 5) is 16.6. The van der Waals surface area contributed by atoms with Crippen molar-refractivity contribution in [1.29, 1.82) is 0 Å². The highest BCUT2D eigenvalue weighted by Gasteiger charge is 2.03. The number of rotatable bonds is 1. The molecule has 0 radical (unpaired) electrons. The van der Waals surface area contributed by atoms with Crippen molar-refractivity contribution >= 4 is 0 Å². The van der Waals surface area contributed by atoms with Crippen LogP contribution in [0.25, 0.3) is 11.1 Å². The Bertz CT molecular complexity index is 531. The minimum atomic E-state index is -0.710. The second-order valence-electron chi connectivity index (χ2n) is 2.97. The highest BCUT2D eigenvalue weighted by Crippen LogP contribution is 2.23. The minimum Gasteiger partial charge on any atom is -0.505 e. The third-order valence-electron chi connectivity index (χ3n) is 1.95. The zero-order valence-corrected chi connectivity index (χ0v) is 7.57. The van der Waals surface area contributed by atoms with E-state index in [0.717, 1.165) is 0 Å². The summed E-state index contributed by atoms with van der Waals surface area (Å²) in [6.07, 6.45) is 2.77. The molecule has 0 unspecified atom stereocenters. The number of H-pyrrole nitrogens is 1. The molecule has 0 aliphatic heterocycles. The maximum absolute atomic E-state index is 13.0. The molecule has 5 heteroatoms. The van der Waals surface area contributed by atoms with Crippen LogP contribution in [0.4, 0.5) is 4.39 Å². The first-order chi connectivity index (χ1) is 7.16. The number of benzene rings is 1. The van der Waals surface area contributed by atoms with E-state index in [0.29, 0.717) is 11.1 Å². The van der Waals surface area contributed by atoms with Crippen molar-refractivity contribution in [3.8, 4) is 16.9 Å². The number of phenols is 1. The van der Waals surface area contributed by atoms with E-state index in [4.69, 9.17) is 5.11 Å². The summed E-state index contributed by atoms with van der Waals surface area (Å²) in [5, 5.41) is 8.99. The van der Waals surface area contributed by atoms with Gasteiger partial charge in [-0.05, 0) is 17.7 Å². The molecular formula is C10H7FN2O2. The Kier molecular flexibility index (Phi) is 2.21. The molecule has 0 fully saturated rings. The predicted molar refractivity (Wildman–Crippen MR) is 51.9 cm³/mol. The van der Waals surface area contributed by atoms with Crippen LogP contribution in [0.5, 0.6) is 5.75 Å². The Morgan fingerprint density at radius 2 is 2.13 bits per heavy atom. The normalized spacial score (nSPS) is 10.2. The molecular weight excluding hydrogens is 199 g/mol. The van der Waals surface area contributed by atoms with Crippen molar-refractivity contribution < 1.29 is 9.50 Å². The second kappa shape index (κ2) is 3.53. The van der Waals surface area contributed by atoms with E-state index in [1.54, 1.807) is 0 Å². The lowest BCUT2D eigenvalue weighted by Crippen LogP contribution is -2.07. The summed E-state index contributed by atoms with van der Waals surface area (Å²) in [6, 6.07) is 3.95. The summed E-state index contributed by atoms with van der Waals surface area (Å²) >= 11 is 0. The third-order valence-corrected chi connectivity index (χ3v) is 1.95. The van der Waals surface area contributed by atoms with Crippen LogP contribution in [0.2, 0.25) is 0 Å². The van der Waals surface area contributed by atoms with Gasteiger partial charge in [0, 0.05) is 18.0 Å². The van der Waals surface area contributed by atoms with E-state index in [1.807, 2.05) is 0 Å². The molecule has 4 nitrogen and oxygen atoms in total. The fourth-order valence-electron chi connectivity index (χ4n) is 1.19. The number of nitrogens with one attached hydrogen (secondary N) is 1. The molecule has 1 heterocycles. The number of aromatic nitrogens is 2. The van der Waals surface area contributed by atoms with Crippen molar-refractivity contribution in [3.05, 3.63) is 46.9 Å². The van der Waals surface area contributed by atoms with E-state index in [2.05, 4.69) is 9.97 Å². The zero-order chi connectivity index (χ0) is 10.8. The highest BCUT2D eigenvalue weighted by molar-refractivity contribution is 5.62. The molecule has 1 aromatic carbocycles. The summed E-state index contributed by atoms with van der Waals surface area (Å²) in [6.45, 7) is 0. The molecule has 0 saturated heterocycles. The van der Waals surface area contributed by atoms with Crippen LogP contribution in [0.1, 0.15) is 0 Å². The minimum absolute atomic E-state index is 0.406. The first kappa shape index (κ1) is 9.39. The van der Waals surface area contributed by atoms with E-state index in [1.165, 1.54) is 30.6 Å². The van der Waals surface area contributed by atoms with Gasteiger partial charge in [-0.1, -0.05) is 6.07 Å². The largest absolute Gasteiger partial charge is 0.505 e. The average molecular weight is 206 g/mol. The van der Waals surface area contributed by atoms with Gasteiger partial charge in [0.25, 0.3) is 0 Å². The molecule has 0 aliphatic carbocycles. The number of hydrogen-bond donors (Lipinski definition) is 2. The number of aromatic hydroxyl groups is 1. The molecule has 15 heavy (non-hydrogen) atoms. The zero-order valence-electron chi connectivity index (χ0n) is 7.57. The summed E-state index contributed by atoms with van der Waals surface area (Å²) < 4.78 is 13.0. The molecule has 0 saturated carbocycles. The topological polar surface area (TPSA) is 66.0 Å². The van der Waals surface area contributed by atoms with Gasteiger partial charge < -0.3 is 10.1 Å². The molecule has 1 aromatic heterocycles. The smallest absolute Gasteiger partial charge is 0.344 e. The number of aromatic amines is 1. The first-order valence-corrected chi connectivity index (χ1v) is 4.20. The summed E-state index contributed by atoms with van der Waals surface area (Å²) in [5.74, 6) is -1.12. The van der Waals surface area contributed by atoms with Crippen LogP contribution in [0, 0.1) is 5.82 Å². The molecule has 2 rings (SSSR count). The van der Waals surface area contributed by atoms with Gasteiger partial charge in [-0.25, -0.2) is 14.2 Å². The Morgan fingerprint density at radius 3 is 2.73 bits per heavy atom. The lowest BCUT2D eigenvalue weighted by Gasteiger charge is -2.01. The van der Waals surface area contributed by atoms with Gasteiger partial charge in [0.15, 0.2) is 11.6 Å². The van der Waals surface area contributed by atoms with Gasteiger partial charge in [0.2, 0.25) is 0 Å². The third kappa shape index (κ3) is 1.85. The van der Waals surface area contributed by atoms with Gasteiger partial charge in [0.1, 0.15) is 0 Å². The molecule has 0 bridgehead atoms. The van der Waals surface area contributed by atoms with Gasteiger partial charge in [0.05, 0.1) is 0 Å². The lowest BCUT2D eigenvalue weighted by molar-refractivity contribution is 0.432. The molecule has 0 atom stereocenters. The molecule has 2 N–H and O–H groups in total. The maximum atomic E-state index is 13.0. The summed E-state index contributed by atoms with van der Waals surface area (Å²) in [5.41, 5.74) is 0.653. The van der Waals surface area contributed by atoms with Crippen LogP contribution < -0.4 is 5.69 Å². The predicted octanol–water partition coefficient (Wildman–Crippen LogP) is 1.28. The molecule has 0 spiro atoms. The maximum Gasteiger partial charge on any atom is 0.344 e. The number of halogens is 1. The van der Waals surface area contributed by atoms with Crippen LogP contribution in [0.3, 0.4) is 0 Å². The fraction of sp³-hybridized carbons (Fsp3) is 0. The van der Waals surface area contributed by atoms with E-state index in [-0.39, 0.29) is 0 Å². The monoisotopic (exact) mass is 206 g/mol. The molecule has 76 valence electrons.